The first kappa shape index (κ1) is 8.92. The molecule has 1 aliphatic rings. The highest BCUT2D eigenvalue weighted by Gasteiger charge is 2.20. The maximum absolute atomic E-state index is 4.53. The summed E-state index contributed by atoms with van der Waals surface area (Å²) in [5, 5.41) is 3.45. The Hall–Kier alpha value is -1.35. The molecule has 1 saturated carbocycles. The monoisotopic (exact) mass is 201 g/mol. The fraction of sp³-hybridized carbons (Fsp3) is 0.417. The van der Waals surface area contributed by atoms with Crippen LogP contribution in [0.4, 0.5) is 0 Å². The molecule has 0 spiro atoms. The van der Waals surface area contributed by atoms with E-state index in [9.17, 15) is 0 Å². The molecule has 0 radical (unpaired) electrons. The van der Waals surface area contributed by atoms with Crippen molar-refractivity contribution in [1.82, 2.24) is 14.7 Å². The van der Waals surface area contributed by atoms with Crippen LogP contribution in [0.3, 0.4) is 0 Å². The molecule has 2 aromatic heterocycles. The quantitative estimate of drug-likeness (QED) is 0.817. The van der Waals surface area contributed by atoms with Gasteiger partial charge in [-0.25, -0.2) is 4.98 Å². The van der Waals surface area contributed by atoms with E-state index in [2.05, 4.69) is 20.9 Å². The molecule has 1 aliphatic carbocycles. The maximum atomic E-state index is 4.53. The SMILES string of the molecule is c1ccn2cc(CNCC3CC3)nc2c1. The average Bonchev–Trinajstić information content (AvgIpc) is 2.97. The lowest BCUT2D eigenvalue weighted by atomic mass is 10.4. The Morgan fingerprint density at radius 2 is 2.33 bits per heavy atom. The molecule has 78 valence electrons. The Labute approximate surface area is 89.1 Å². The number of fused-ring (bicyclic) bond motifs is 1. The van der Waals surface area contributed by atoms with Crippen molar-refractivity contribution in [1.29, 1.82) is 0 Å². The molecule has 0 aliphatic heterocycles. The van der Waals surface area contributed by atoms with E-state index in [1.807, 2.05) is 24.4 Å². The van der Waals surface area contributed by atoms with Crippen molar-refractivity contribution in [2.45, 2.75) is 19.4 Å². The molecule has 1 N–H and O–H groups in total. The third kappa shape index (κ3) is 2.02. The minimum atomic E-state index is 0.887. The number of aromatic nitrogens is 2. The number of pyridine rings is 1. The zero-order chi connectivity index (χ0) is 10.1. The minimum Gasteiger partial charge on any atom is -0.311 e. The third-order valence-corrected chi connectivity index (χ3v) is 2.85. The summed E-state index contributed by atoms with van der Waals surface area (Å²) in [5.41, 5.74) is 2.16. The minimum absolute atomic E-state index is 0.887. The Morgan fingerprint density at radius 3 is 3.13 bits per heavy atom. The number of hydrogen-bond donors (Lipinski definition) is 1. The van der Waals surface area contributed by atoms with Crippen LogP contribution in [-0.4, -0.2) is 15.9 Å². The second kappa shape index (κ2) is 3.66. The molecular formula is C12H15N3. The van der Waals surface area contributed by atoms with Crippen molar-refractivity contribution < 1.29 is 0 Å². The molecule has 0 saturated heterocycles. The molecule has 1 fully saturated rings. The van der Waals surface area contributed by atoms with Gasteiger partial charge in [0.25, 0.3) is 0 Å². The van der Waals surface area contributed by atoms with Crippen molar-refractivity contribution in [3.05, 3.63) is 36.3 Å². The molecule has 2 heterocycles. The zero-order valence-corrected chi connectivity index (χ0v) is 8.69. The van der Waals surface area contributed by atoms with Crippen LogP contribution in [0.15, 0.2) is 30.6 Å². The van der Waals surface area contributed by atoms with Gasteiger partial charge in [0, 0.05) is 18.9 Å². The van der Waals surface area contributed by atoms with E-state index in [0.717, 1.165) is 30.3 Å². The number of nitrogens with one attached hydrogen (secondary N) is 1. The van der Waals surface area contributed by atoms with E-state index in [1.54, 1.807) is 0 Å². The fourth-order valence-corrected chi connectivity index (χ4v) is 1.80. The predicted octanol–water partition coefficient (Wildman–Crippen LogP) is 1.83. The van der Waals surface area contributed by atoms with E-state index in [0.29, 0.717) is 0 Å². The number of imidazole rings is 1. The highest BCUT2D eigenvalue weighted by atomic mass is 15.0. The lowest BCUT2D eigenvalue weighted by Crippen LogP contribution is -2.16. The van der Waals surface area contributed by atoms with Gasteiger partial charge in [-0.15, -0.1) is 0 Å². The molecule has 0 unspecified atom stereocenters. The molecule has 3 rings (SSSR count). The van der Waals surface area contributed by atoms with Crippen LogP contribution >= 0.6 is 0 Å². The van der Waals surface area contributed by atoms with Gasteiger partial charge in [-0.05, 0) is 37.4 Å². The van der Waals surface area contributed by atoms with Gasteiger partial charge in [0.2, 0.25) is 0 Å². The largest absolute Gasteiger partial charge is 0.311 e. The fourth-order valence-electron chi connectivity index (χ4n) is 1.80. The summed E-state index contributed by atoms with van der Waals surface area (Å²) in [7, 11) is 0. The molecule has 3 heteroatoms. The van der Waals surface area contributed by atoms with Crippen molar-refractivity contribution in [2.75, 3.05) is 6.54 Å². The van der Waals surface area contributed by atoms with Crippen LogP contribution in [0.5, 0.6) is 0 Å². The first-order chi connectivity index (χ1) is 7.42. The standard InChI is InChI=1S/C12H15N3/c1-2-6-15-9-11(14-12(15)3-1)8-13-7-10-4-5-10/h1-3,6,9-10,13H,4-5,7-8H2. The normalized spacial score (nSPS) is 16.0. The van der Waals surface area contributed by atoms with Crippen LogP contribution in [-0.2, 0) is 6.54 Å². The van der Waals surface area contributed by atoms with Crippen molar-refractivity contribution in [3.8, 4) is 0 Å². The van der Waals surface area contributed by atoms with Gasteiger partial charge in [0.1, 0.15) is 5.65 Å². The smallest absolute Gasteiger partial charge is 0.137 e. The van der Waals surface area contributed by atoms with Gasteiger partial charge in [0.15, 0.2) is 0 Å². The third-order valence-electron chi connectivity index (χ3n) is 2.85. The lowest BCUT2D eigenvalue weighted by molar-refractivity contribution is 0.632. The first-order valence-electron chi connectivity index (χ1n) is 5.55. The van der Waals surface area contributed by atoms with Gasteiger partial charge >= 0.3 is 0 Å². The van der Waals surface area contributed by atoms with Gasteiger partial charge in [-0.3, -0.25) is 0 Å². The van der Waals surface area contributed by atoms with Crippen molar-refractivity contribution >= 4 is 5.65 Å². The molecule has 2 aromatic rings. The van der Waals surface area contributed by atoms with Crippen LogP contribution in [0.2, 0.25) is 0 Å². The highest BCUT2D eigenvalue weighted by Crippen LogP contribution is 2.27. The van der Waals surface area contributed by atoms with E-state index >= 15 is 0 Å². The topological polar surface area (TPSA) is 29.3 Å². The molecule has 0 bridgehead atoms. The van der Waals surface area contributed by atoms with Gasteiger partial charge in [0.05, 0.1) is 5.69 Å². The van der Waals surface area contributed by atoms with Crippen LogP contribution in [0.1, 0.15) is 18.5 Å². The molecule has 0 amide bonds. The number of nitrogens with zero attached hydrogens (tertiary/aromatic N) is 2. The summed E-state index contributed by atoms with van der Waals surface area (Å²) >= 11 is 0. The molecule has 3 nitrogen and oxygen atoms in total. The second-order valence-electron chi connectivity index (χ2n) is 4.27. The number of hydrogen-bond acceptors (Lipinski definition) is 2. The van der Waals surface area contributed by atoms with E-state index in [1.165, 1.54) is 12.8 Å². The Bertz CT molecular complexity index is 424. The lowest BCUT2D eigenvalue weighted by Gasteiger charge is -1.98. The van der Waals surface area contributed by atoms with Crippen molar-refractivity contribution in [3.63, 3.8) is 0 Å². The molecule has 15 heavy (non-hydrogen) atoms. The van der Waals surface area contributed by atoms with Gasteiger partial charge < -0.3 is 9.72 Å². The summed E-state index contributed by atoms with van der Waals surface area (Å²) in [6.07, 6.45) is 6.93. The number of rotatable bonds is 4. The predicted molar refractivity (Wildman–Crippen MR) is 59.6 cm³/mol. The zero-order valence-electron chi connectivity index (χ0n) is 8.69. The van der Waals surface area contributed by atoms with Crippen LogP contribution in [0, 0.1) is 5.92 Å². The van der Waals surface area contributed by atoms with Crippen LogP contribution in [0.25, 0.3) is 5.65 Å². The highest BCUT2D eigenvalue weighted by molar-refractivity contribution is 5.39. The Morgan fingerprint density at radius 1 is 1.40 bits per heavy atom. The summed E-state index contributed by atoms with van der Waals surface area (Å²) in [6, 6.07) is 6.07. The first-order valence-corrected chi connectivity index (χ1v) is 5.55. The summed E-state index contributed by atoms with van der Waals surface area (Å²) < 4.78 is 2.06. The van der Waals surface area contributed by atoms with Crippen LogP contribution < -0.4 is 5.32 Å². The Balaban J connectivity index is 1.68. The summed E-state index contributed by atoms with van der Waals surface area (Å²) in [6.45, 7) is 2.03. The van der Waals surface area contributed by atoms with E-state index < -0.39 is 0 Å². The van der Waals surface area contributed by atoms with Gasteiger partial charge in [-0.2, -0.15) is 0 Å². The molecule has 0 atom stereocenters. The molecular weight excluding hydrogens is 186 g/mol. The summed E-state index contributed by atoms with van der Waals surface area (Å²) in [5.74, 6) is 0.932. The maximum Gasteiger partial charge on any atom is 0.137 e. The average molecular weight is 201 g/mol. The summed E-state index contributed by atoms with van der Waals surface area (Å²) in [4.78, 5) is 4.53. The van der Waals surface area contributed by atoms with E-state index in [4.69, 9.17) is 0 Å². The Kier molecular flexibility index (Phi) is 2.18. The van der Waals surface area contributed by atoms with Crippen molar-refractivity contribution in [2.24, 2.45) is 5.92 Å². The van der Waals surface area contributed by atoms with Gasteiger partial charge in [-0.1, -0.05) is 6.07 Å². The van der Waals surface area contributed by atoms with E-state index in [-0.39, 0.29) is 0 Å². The second-order valence-corrected chi connectivity index (χ2v) is 4.27. The molecule has 0 aromatic carbocycles.